The summed E-state index contributed by atoms with van der Waals surface area (Å²) in [6.07, 6.45) is 0. The molecule has 0 atom stereocenters. The molecule has 1 aliphatic heterocycles. The standard InChI is InChI=1S/C27H29BIN2O2/c1-26(2,32)27(3,4)33-28-23-17-15-20(16-18-23)19-31-25(22-13-9-6-10-14-22)30-24(29-31)21-11-7-5-8-12-21/h5-18,32H,19H2,1-4H3. The molecule has 1 radical (unpaired) electrons. The molecule has 4 rings (SSSR count). The van der Waals surface area contributed by atoms with Crippen molar-refractivity contribution in [2.75, 3.05) is 0 Å². The van der Waals surface area contributed by atoms with Gasteiger partial charge in [0.15, 0.2) is 0 Å². The molecule has 3 aromatic rings. The second-order valence-corrected chi connectivity index (χ2v) is 11.8. The van der Waals surface area contributed by atoms with Crippen LogP contribution < -0.4 is 26.9 Å². The van der Waals surface area contributed by atoms with E-state index < -0.39 is 32.7 Å². The van der Waals surface area contributed by atoms with Crippen molar-refractivity contribution in [3.63, 3.8) is 0 Å². The van der Waals surface area contributed by atoms with Crippen molar-refractivity contribution < 1.29 is 34.0 Å². The van der Waals surface area contributed by atoms with Crippen LogP contribution in [0.5, 0.6) is 0 Å². The average Bonchev–Trinajstić information content (AvgIpc) is 3.23. The fraction of sp³-hybridized carbons (Fsp3) is 0.259. The summed E-state index contributed by atoms with van der Waals surface area (Å²) in [6.45, 7) is 8.11. The molecule has 0 bridgehead atoms. The number of aliphatic hydroxyl groups is 1. The van der Waals surface area contributed by atoms with Gasteiger partial charge in [0, 0.05) is 0 Å². The number of hydrogen-bond donors (Lipinski definition) is 1. The van der Waals surface area contributed by atoms with E-state index in [2.05, 4.69) is 75.6 Å². The van der Waals surface area contributed by atoms with E-state index >= 15 is 0 Å². The Morgan fingerprint density at radius 3 is 2.00 bits per heavy atom. The van der Waals surface area contributed by atoms with Crippen molar-refractivity contribution >= 4 is 22.5 Å². The van der Waals surface area contributed by atoms with Crippen LogP contribution in [0.2, 0.25) is 0 Å². The van der Waals surface area contributed by atoms with E-state index in [-0.39, 0.29) is 0 Å². The first kappa shape index (κ1) is 23.9. The molecule has 1 heterocycles. The molecule has 0 spiro atoms. The van der Waals surface area contributed by atoms with Gasteiger partial charge in [0.1, 0.15) is 0 Å². The van der Waals surface area contributed by atoms with Crippen molar-refractivity contribution in [1.29, 1.82) is 0 Å². The number of nitrogens with zero attached hydrogens (tertiary/aromatic N) is 2. The molecule has 1 aliphatic rings. The van der Waals surface area contributed by atoms with Crippen LogP contribution in [0.15, 0.2) is 89.9 Å². The van der Waals surface area contributed by atoms with Gasteiger partial charge in [-0.2, -0.15) is 0 Å². The Bertz CT molecular complexity index is 1150. The summed E-state index contributed by atoms with van der Waals surface area (Å²) in [5, 5.41) is 10.3. The molecule has 169 valence electrons. The molecule has 0 unspecified atom stereocenters. The Morgan fingerprint density at radius 2 is 1.42 bits per heavy atom. The van der Waals surface area contributed by atoms with Crippen molar-refractivity contribution in [3.05, 3.63) is 102 Å². The number of aliphatic imine (C=N–C) groups is 1. The molecule has 3 aromatic carbocycles. The molecule has 4 nitrogen and oxygen atoms in total. The third-order valence-corrected chi connectivity index (χ3v) is 8.63. The van der Waals surface area contributed by atoms with Crippen LogP contribution in [0.25, 0.3) is 0 Å². The molecule has 0 aliphatic carbocycles. The molecule has 0 aromatic heterocycles. The molecule has 33 heavy (non-hydrogen) atoms. The molecule has 0 saturated heterocycles. The Hall–Kier alpha value is -2.29. The predicted octanol–water partition coefficient (Wildman–Crippen LogP) is 0.921. The van der Waals surface area contributed by atoms with Gasteiger partial charge in [0.05, 0.1) is 0 Å². The van der Waals surface area contributed by atoms with E-state index in [0.29, 0.717) is 0 Å². The van der Waals surface area contributed by atoms with Gasteiger partial charge < -0.3 is 0 Å². The topological polar surface area (TPSA) is 44.8 Å². The summed E-state index contributed by atoms with van der Waals surface area (Å²) in [5.41, 5.74) is 2.93. The monoisotopic (exact) mass is 551 g/mol. The van der Waals surface area contributed by atoms with Crippen LogP contribution in [0, 0.1) is 0 Å². The van der Waals surface area contributed by atoms with E-state index in [9.17, 15) is 5.11 Å². The quantitative estimate of drug-likeness (QED) is 0.258. The first-order chi connectivity index (χ1) is 15.7. The third-order valence-electron chi connectivity index (χ3n) is 5.92. The number of hydrogen-bond acceptors (Lipinski definition) is 3. The van der Waals surface area contributed by atoms with Crippen molar-refractivity contribution in [2.24, 2.45) is 4.99 Å². The maximum atomic E-state index is 10.3. The molecular weight excluding hydrogens is 522 g/mol. The summed E-state index contributed by atoms with van der Waals surface area (Å²) < 4.78 is 9.52. The molecule has 0 amide bonds. The maximum absolute atomic E-state index is 10.3. The summed E-state index contributed by atoms with van der Waals surface area (Å²) in [4.78, 5) is 5.06. The normalized spacial score (nSPS) is 14.6. The van der Waals surface area contributed by atoms with Crippen LogP contribution in [0.3, 0.4) is 0 Å². The van der Waals surface area contributed by atoms with E-state index in [4.69, 9.17) is 9.65 Å². The van der Waals surface area contributed by atoms with Crippen LogP contribution in [0.1, 0.15) is 44.4 Å². The summed E-state index contributed by atoms with van der Waals surface area (Å²) in [5.74, 6) is 1.05. The summed E-state index contributed by atoms with van der Waals surface area (Å²) in [7, 11) is 1.72. The van der Waals surface area contributed by atoms with Gasteiger partial charge in [-0.15, -0.1) is 0 Å². The van der Waals surface area contributed by atoms with Crippen molar-refractivity contribution in [3.8, 4) is 0 Å². The van der Waals surface area contributed by atoms with E-state index in [1.165, 1.54) is 14.8 Å². The number of amidine groups is 1. The van der Waals surface area contributed by atoms with Crippen LogP contribution in [0.4, 0.5) is 0 Å². The Balaban J connectivity index is 1.51. The number of halogens is 1. The molecular formula is C27H29BIN2O2. The molecule has 0 fully saturated rings. The van der Waals surface area contributed by atoms with Gasteiger partial charge >= 0.3 is 209 Å². The Morgan fingerprint density at radius 1 is 0.848 bits per heavy atom. The number of rotatable bonds is 8. The van der Waals surface area contributed by atoms with E-state index in [0.717, 1.165) is 23.4 Å². The average molecular weight is 551 g/mol. The zero-order valence-corrected chi connectivity index (χ0v) is 21.7. The Kier molecular flexibility index (Phi) is 7.17. The van der Waals surface area contributed by atoms with Crippen LogP contribution >= 0.6 is 0 Å². The third kappa shape index (κ3) is 5.80. The second-order valence-electron chi connectivity index (χ2n) is 9.11. The second kappa shape index (κ2) is 9.91. The number of benzene rings is 3. The summed E-state index contributed by atoms with van der Waals surface area (Å²) in [6, 6.07) is 29.3. The minimum absolute atomic E-state index is 0.418. The zero-order chi connectivity index (χ0) is 23.5. The van der Waals surface area contributed by atoms with Gasteiger partial charge in [-0.05, 0) is 0 Å². The first-order valence-electron chi connectivity index (χ1n) is 11.0. The van der Waals surface area contributed by atoms with Gasteiger partial charge in [-0.25, -0.2) is 0 Å². The molecule has 6 heteroatoms. The van der Waals surface area contributed by atoms with Crippen molar-refractivity contribution in [2.45, 2.75) is 45.4 Å². The fourth-order valence-electron chi connectivity index (χ4n) is 3.11. The van der Waals surface area contributed by atoms with Crippen LogP contribution in [-0.2, 0) is 11.2 Å². The van der Waals surface area contributed by atoms with Gasteiger partial charge in [0.25, 0.3) is 0 Å². The predicted molar refractivity (Wildman–Crippen MR) is 131 cm³/mol. The van der Waals surface area contributed by atoms with Gasteiger partial charge in [-0.1, -0.05) is 0 Å². The van der Waals surface area contributed by atoms with E-state index in [1.807, 2.05) is 26.0 Å². The van der Waals surface area contributed by atoms with E-state index in [1.54, 1.807) is 21.3 Å². The molecule has 0 saturated carbocycles. The first-order valence-corrected chi connectivity index (χ1v) is 13.1. The van der Waals surface area contributed by atoms with Gasteiger partial charge in [0.2, 0.25) is 0 Å². The van der Waals surface area contributed by atoms with Crippen molar-refractivity contribution in [1.82, 2.24) is 0 Å². The Labute approximate surface area is 207 Å². The SMILES string of the molecule is CC(C)(O)C(C)(C)O[B]c1ccc(C[N+]2=C(c3ccccc3)N=C(c3ccccc3)[I-]2)cc1. The minimum atomic E-state index is -0.941. The zero-order valence-electron chi connectivity index (χ0n) is 19.5. The fourth-order valence-corrected chi connectivity index (χ4v) is 5.82. The molecule has 1 N–H and O–H groups in total. The van der Waals surface area contributed by atoms with Gasteiger partial charge in [-0.3, -0.25) is 0 Å². The van der Waals surface area contributed by atoms with Crippen LogP contribution in [-0.4, -0.2) is 36.1 Å². The summed E-state index contributed by atoms with van der Waals surface area (Å²) >= 11 is -0.418.